The van der Waals surface area contributed by atoms with Crippen LogP contribution in [-0.2, 0) is 4.79 Å². The minimum Gasteiger partial charge on any atom is -0.480 e. The summed E-state index contributed by atoms with van der Waals surface area (Å²) in [6.07, 6.45) is 0.808. The zero-order valence-electron chi connectivity index (χ0n) is 10.7. The van der Waals surface area contributed by atoms with Gasteiger partial charge in [0.15, 0.2) is 0 Å². The molecular formula is C14H16N2O3. The van der Waals surface area contributed by atoms with E-state index in [0.717, 1.165) is 11.8 Å². The van der Waals surface area contributed by atoms with E-state index in [1.54, 1.807) is 17.0 Å². The molecule has 0 fully saturated rings. The van der Waals surface area contributed by atoms with E-state index >= 15 is 0 Å². The standard InChI is InChI=1S/C14H16N2O3/c1-2-7-16(9-13(17)18)12-8-10-5-3-4-6-11(10)14(19)15-12/h3-6,8H,2,7,9H2,1H3,(H,15,19)(H,17,18). The highest BCUT2D eigenvalue weighted by Gasteiger charge is 2.12. The maximum atomic E-state index is 12.0. The van der Waals surface area contributed by atoms with Crippen LogP contribution in [0.2, 0.25) is 0 Å². The molecular weight excluding hydrogens is 244 g/mol. The average molecular weight is 260 g/mol. The van der Waals surface area contributed by atoms with E-state index in [0.29, 0.717) is 17.7 Å². The largest absolute Gasteiger partial charge is 0.480 e. The van der Waals surface area contributed by atoms with Crippen LogP contribution >= 0.6 is 0 Å². The number of fused-ring (bicyclic) bond motifs is 1. The first-order valence-electron chi connectivity index (χ1n) is 6.20. The number of H-pyrrole nitrogens is 1. The second-order valence-electron chi connectivity index (χ2n) is 4.39. The molecule has 0 amide bonds. The smallest absolute Gasteiger partial charge is 0.323 e. The van der Waals surface area contributed by atoms with E-state index in [1.807, 2.05) is 25.1 Å². The summed E-state index contributed by atoms with van der Waals surface area (Å²) in [4.78, 5) is 27.2. The van der Waals surface area contributed by atoms with E-state index in [-0.39, 0.29) is 12.1 Å². The van der Waals surface area contributed by atoms with Crippen LogP contribution in [0.25, 0.3) is 10.8 Å². The summed E-state index contributed by atoms with van der Waals surface area (Å²) < 4.78 is 0. The number of hydrogen-bond acceptors (Lipinski definition) is 3. The molecule has 0 atom stereocenters. The Morgan fingerprint density at radius 2 is 2.11 bits per heavy atom. The minimum atomic E-state index is -0.914. The van der Waals surface area contributed by atoms with Gasteiger partial charge in [0.2, 0.25) is 0 Å². The van der Waals surface area contributed by atoms with Gasteiger partial charge in [-0.05, 0) is 23.9 Å². The molecule has 0 radical (unpaired) electrons. The predicted molar refractivity (Wildman–Crippen MR) is 74.7 cm³/mol. The molecule has 1 aromatic carbocycles. The maximum Gasteiger partial charge on any atom is 0.323 e. The fourth-order valence-corrected chi connectivity index (χ4v) is 2.08. The van der Waals surface area contributed by atoms with Crippen molar-refractivity contribution >= 4 is 22.6 Å². The summed E-state index contributed by atoms with van der Waals surface area (Å²) in [6, 6.07) is 9.07. The Balaban J connectivity index is 2.47. The van der Waals surface area contributed by atoms with Crippen molar-refractivity contribution in [2.45, 2.75) is 13.3 Å². The maximum absolute atomic E-state index is 12.0. The number of nitrogens with one attached hydrogen (secondary N) is 1. The second kappa shape index (κ2) is 5.56. The van der Waals surface area contributed by atoms with Crippen molar-refractivity contribution in [3.63, 3.8) is 0 Å². The van der Waals surface area contributed by atoms with E-state index < -0.39 is 5.97 Å². The third kappa shape index (κ3) is 2.93. The summed E-state index contributed by atoms with van der Waals surface area (Å²) >= 11 is 0. The van der Waals surface area contributed by atoms with Crippen LogP contribution in [0.3, 0.4) is 0 Å². The molecule has 2 rings (SSSR count). The number of aromatic nitrogens is 1. The number of aromatic amines is 1. The van der Waals surface area contributed by atoms with E-state index in [1.165, 1.54) is 0 Å². The molecule has 0 saturated carbocycles. The molecule has 2 aromatic rings. The fourth-order valence-electron chi connectivity index (χ4n) is 2.08. The van der Waals surface area contributed by atoms with Crippen LogP contribution in [0.15, 0.2) is 35.1 Å². The number of carboxylic acid groups (broad SMARTS) is 1. The van der Waals surface area contributed by atoms with Crippen LogP contribution in [0, 0.1) is 0 Å². The second-order valence-corrected chi connectivity index (χ2v) is 4.39. The number of aliphatic carboxylic acids is 1. The Morgan fingerprint density at radius 1 is 1.37 bits per heavy atom. The first-order chi connectivity index (χ1) is 9.11. The molecule has 0 aliphatic carbocycles. The number of nitrogens with zero attached hydrogens (tertiary/aromatic N) is 1. The van der Waals surface area contributed by atoms with Crippen LogP contribution < -0.4 is 10.5 Å². The molecule has 100 valence electrons. The Labute approximate surface area is 110 Å². The van der Waals surface area contributed by atoms with E-state index in [2.05, 4.69) is 4.98 Å². The highest BCUT2D eigenvalue weighted by atomic mass is 16.4. The minimum absolute atomic E-state index is 0.123. The summed E-state index contributed by atoms with van der Waals surface area (Å²) in [6.45, 7) is 2.43. The van der Waals surface area contributed by atoms with Gasteiger partial charge in [-0.15, -0.1) is 0 Å². The third-order valence-corrected chi connectivity index (χ3v) is 2.90. The van der Waals surface area contributed by atoms with E-state index in [9.17, 15) is 9.59 Å². The Morgan fingerprint density at radius 3 is 2.79 bits per heavy atom. The molecule has 0 spiro atoms. The van der Waals surface area contributed by atoms with Gasteiger partial charge in [-0.3, -0.25) is 9.59 Å². The normalized spacial score (nSPS) is 10.6. The number of benzene rings is 1. The van der Waals surface area contributed by atoms with Crippen molar-refractivity contribution in [1.82, 2.24) is 4.98 Å². The Kier molecular flexibility index (Phi) is 3.85. The molecule has 0 aliphatic rings. The number of anilines is 1. The summed E-state index contributed by atoms with van der Waals surface area (Å²) in [7, 11) is 0. The molecule has 1 heterocycles. The molecule has 19 heavy (non-hydrogen) atoms. The van der Waals surface area contributed by atoms with Crippen molar-refractivity contribution in [3.05, 3.63) is 40.7 Å². The number of pyridine rings is 1. The van der Waals surface area contributed by atoms with E-state index in [4.69, 9.17) is 5.11 Å². The first-order valence-corrected chi connectivity index (χ1v) is 6.20. The zero-order valence-corrected chi connectivity index (χ0v) is 10.7. The van der Waals surface area contributed by atoms with Crippen LogP contribution in [-0.4, -0.2) is 29.1 Å². The zero-order chi connectivity index (χ0) is 13.8. The van der Waals surface area contributed by atoms with Gasteiger partial charge in [0.1, 0.15) is 12.4 Å². The topological polar surface area (TPSA) is 73.4 Å². The van der Waals surface area contributed by atoms with Crippen LogP contribution in [0.4, 0.5) is 5.82 Å². The molecule has 5 heteroatoms. The summed E-state index contributed by atoms with van der Waals surface area (Å²) in [5.74, 6) is -0.365. The summed E-state index contributed by atoms with van der Waals surface area (Å²) in [5, 5.41) is 10.3. The number of carbonyl (C=O) groups is 1. The lowest BCUT2D eigenvalue weighted by Gasteiger charge is -2.21. The third-order valence-electron chi connectivity index (χ3n) is 2.90. The number of carboxylic acids is 1. The highest BCUT2D eigenvalue weighted by Crippen LogP contribution is 2.16. The van der Waals surface area contributed by atoms with Gasteiger partial charge in [-0.2, -0.15) is 0 Å². The van der Waals surface area contributed by atoms with Gasteiger partial charge in [0.25, 0.3) is 5.56 Å². The molecule has 5 nitrogen and oxygen atoms in total. The van der Waals surface area contributed by atoms with Crippen molar-refractivity contribution in [2.75, 3.05) is 18.0 Å². The van der Waals surface area contributed by atoms with Gasteiger partial charge in [0, 0.05) is 11.9 Å². The van der Waals surface area contributed by atoms with Crippen molar-refractivity contribution in [3.8, 4) is 0 Å². The quantitative estimate of drug-likeness (QED) is 0.860. The van der Waals surface area contributed by atoms with Crippen molar-refractivity contribution in [1.29, 1.82) is 0 Å². The van der Waals surface area contributed by atoms with Gasteiger partial charge < -0.3 is 15.0 Å². The van der Waals surface area contributed by atoms with Crippen molar-refractivity contribution in [2.24, 2.45) is 0 Å². The van der Waals surface area contributed by atoms with Gasteiger partial charge in [-0.1, -0.05) is 25.1 Å². The molecule has 2 N–H and O–H groups in total. The Hall–Kier alpha value is -2.30. The Bertz CT molecular complexity index is 648. The fraction of sp³-hybridized carbons (Fsp3) is 0.286. The lowest BCUT2D eigenvalue weighted by Crippen LogP contribution is -2.32. The van der Waals surface area contributed by atoms with Gasteiger partial charge in [-0.25, -0.2) is 0 Å². The van der Waals surface area contributed by atoms with Gasteiger partial charge in [0.05, 0.1) is 0 Å². The molecule has 0 bridgehead atoms. The van der Waals surface area contributed by atoms with Crippen LogP contribution in [0.5, 0.6) is 0 Å². The average Bonchev–Trinajstić information content (AvgIpc) is 2.38. The van der Waals surface area contributed by atoms with Gasteiger partial charge >= 0.3 is 5.97 Å². The molecule has 1 aromatic heterocycles. The molecule has 0 aliphatic heterocycles. The molecule has 0 saturated heterocycles. The van der Waals surface area contributed by atoms with Crippen molar-refractivity contribution < 1.29 is 9.90 Å². The monoisotopic (exact) mass is 260 g/mol. The first kappa shape index (κ1) is 13.1. The SMILES string of the molecule is CCCN(CC(=O)O)c1cc2ccccc2c(=O)[nH]1. The van der Waals surface area contributed by atoms with Crippen LogP contribution in [0.1, 0.15) is 13.3 Å². The number of hydrogen-bond donors (Lipinski definition) is 2. The highest BCUT2D eigenvalue weighted by molar-refractivity contribution is 5.84. The predicted octanol–water partition coefficient (Wildman–Crippen LogP) is 1.83. The lowest BCUT2D eigenvalue weighted by molar-refractivity contribution is -0.135. The number of rotatable bonds is 5. The summed E-state index contributed by atoms with van der Waals surface area (Å²) in [5.41, 5.74) is -0.195. The lowest BCUT2D eigenvalue weighted by atomic mass is 10.1. The molecule has 0 unspecified atom stereocenters.